The minimum atomic E-state index is -0.315. The quantitative estimate of drug-likeness (QED) is 0.740. The first-order valence-corrected chi connectivity index (χ1v) is 8.31. The number of rotatable bonds is 7. The minimum Gasteiger partial charge on any atom is -0.355 e. The predicted octanol–water partition coefficient (Wildman–Crippen LogP) is 3.36. The van der Waals surface area contributed by atoms with Gasteiger partial charge in [-0.1, -0.05) is 47.5 Å². The van der Waals surface area contributed by atoms with E-state index in [1.54, 1.807) is 18.2 Å². The van der Waals surface area contributed by atoms with Crippen LogP contribution in [0.15, 0.2) is 48.5 Å². The van der Waals surface area contributed by atoms with Gasteiger partial charge in [0.05, 0.1) is 0 Å². The van der Waals surface area contributed by atoms with Gasteiger partial charge in [0.1, 0.15) is 6.42 Å². The smallest absolute Gasteiger partial charge is 0.229 e. The van der Waals surface area contributed by atoms with E-state index >= 15 is 0 Å². The maximum absolute atomic E-state index is 11.8. The van der Waals surface area contributed by atoms with E-state index in [2.05, 4.69) is 10.6 Å². The molecule has 0 spiro atoms. The summed E-state index contributed by atoms with van der Waals surface area (Å²) in [7, 11) is 0. The third-order valence-corrected chi connectivity index (χ3v) is 3.84. The predicted molar refractivity (Wildman–Crippen MR) is 96.1 cm³/mol. The Hall–Kier alpha value is -2.04. The van der Waals surface area contributed by atoms with Crippen molar-refractivity contribution in [3.05, 3.63) is 69.7 Å². The minimum absolute atomic E-state index is 0.191. The largest absolute Gasteiger partial charge is 0.355 e. The molecule has 0 aliphatic rings. The Bertz CT molecular complexity index is 702. The first-order chi connectivity index (χ1) is 11.5. The van der Waals surface area contributed by atoms with Crippen LogP contribution in [0, 0.1) is 0 Å². The average molecular weight is 365 g/mol. The van der Waals surface area contributed by atoms with Gasteiger partial charge in [-0.2, -0.15) is 0 Å². The zero-order valence-electron chi connectivity index (χ0n) is 13.0. The third-order valence-electron chi connectivity index (χ3n) is 3.35. The van der Waals surface area contributed by atoms with Crippen LogP contribution >= 0.6 is 23.2 Å². The second-order valence-corrected chi connectivity index (χ2v) is 6.18. The molecule has 0 fully saturated rings. The lowest BCUT2D eigenvalue weighted by Gasteiger charge is -2.07. The fraction of sp³-hybridized carbons (Fsp3) is 0.222. The Morgan fingerprint density at radius 2 is 1.54 bits per heavy atom. The molecule has 0 aliphatic carbocycles. The van der Waals surface area contributed by atoms with E-state index in [4.69, 9.17) is 23.2 Å². The van der Waals surface area contributed by atoms with Crippen molar-refractivity contribution in [1.82, 2.24) is 10.6 Å². The zero-order valence-corrected chi connectivity index (χ0v) is 14.5. The summed E-state index contributed by atoms with van der Waals surface area (Å²) >= 11 is 11.7. The second-order valence-electron chi connectivity index (χ2n) is 5.31. The van der Waals surface area contributed by atoms with Gasteiger partial charge in [-0.25, -0.2) is 0 Å². The summed E-state index contributed by atoms with van der Waals surface area (Å²) < 4.78 is 0. The molecule has 2 aromatic rings. The van der Waals surface area contributed by atoms with Crippen molar-refractivity contribution in [2.45, 2.75) is 19.4 Å². The van der Waals surface area contributed by atoms with Gasteiger partial charge in [0.15, 0.2) is 0 Å². The summed E-state index contributed by atoms with van der Waals surface area (Å²) in [6.07, 6.45) is 0.474. The highest BCUT2D eigenvalue weighted by Crippen LogP contribution is 2.11. The van der Waals surface area contributed by atoms with E-state index in [-0.39, 0.29) is 18.2 Å². The van der Waals surface area contributed by atoms with E-state index in [1.807, 2.05) is 30.3 Å². The Morgan fingerprint density at radius 1 is 0.833 bits per heavy atom. The van der Waals surface area contributed by atoms with Crippen LogP contribution < -0.4 is 10.6 Å². The van der Waals surface area contributed by atoms with E-state index in [0.717, 1.165) is 11.1 Å². The molecule has 0 bridgehead atoms. The van der Waals surface area contributed by atoms with Crippen molar-refractivity contribution in [2.24, 2.45) is 0 Å². The summed E-state index contributed by atoms with van der Waals surface area (Å²) in [5, 5.41) is 6.74. The van der Waals surface area contributed by atoms with E-state index < -0.39 is 0 Å². The number of nitrogens with one attached hydrogen (secondary N) is 2. The lowest BCUT2D eigenvalue weighted by atomic mass is 10.1. The van der Waals surface area contributed by atoms with Gasteiger partial charge in [0.25, 0.3) is 0 Å². The van der Waals surface area contributed by atoms with Gasteiger partial charge in [-0.3, -0.25) is 9.59 Å². The molecule has 2 rings (SSSR count). The average Bonchev–Trinajstić information content (AvgIpc) is 2.54. The highest BCUT2D eigenvalue weighted by molar-refractivity contribution is 6.30. The van der Waals surface area contributed by atoms with Crippen LogP contribution in [0.2, 0.25) is 10.0 Å². The maximum atomic E-state index is 11.8. The van der Waals surface area contributed by atoms with Crippen LogP contribution in [-0.2, 0) is 22.6 Å². The molecule has 0 aliphatic heterocycles. The van der Waals surface area contributed by atoms with E-state index in [9.17, 15) is 9.59 Å². The standard InChI is InChI=1S/C18H18Cl2N2O2/c19-15-6-4-14(5-7-15)12-22-18(24)11-17(23)21-9-8-13-2-1-3-16(20)10-13/h1-7,10H,8-9,11-12H2,(H,21,23)(H,22,24). The van der Waals surface area contributed by atoms with E-state index in [0.29, 0.717) is 29.6 Å². The molecule has 4 nitrogen and oxygen atoms in total. The molecule has 0 heterocycles. The van der Waals surface area contributed by atoms with Crippen LogP contribution in [-0.4, -0.2) is 18.4 Å². The Balaban J connectivity index is 1.66. The fourth-order valence-corrected chi connectivity index (χ4v) is 2.45. The summed E-state index contributed by atoms with van der Waals surface area (Å²) in [6, 6.07) is 14.6. The van der Waals surface area contributed by atoms with Crippen LogP contribution in [0.25, 0.3) is 0 Å². The fourth-order valence-electron chi connectivity index (χ4n) is 2.11. The third kappa shape index (κ3) is 6.60. The summed E-state index contributed by atoms with van der Waals surface area (Å²) in [4.78, 5) is 23.5. The Labute approximate surface area is 151 Å². The molecule has 24 heavy (non-hydrogen) atoms. The number of hydrogen-bond acceptors (Lipinski definition) is 2. The maximum Gasteiger partial charge on any atom is 0.229 e. The zero-order chi connectivity index (χ0) is 17.4. The van der Waals surface area contributed by atoms with Crippen molar-refractivity contribution < 1.29 is 9.59 Å². The van der Waals surface area contributed by atoms with Crippen molar-refractivity contribution in [3.8, 4) is 0 Å². The number of benzene rings is 2. The Morgan fingerprint density at radius 3 is 2.25 bits per heavy atom. The SMILES string of the molecule is O=C(CC(=O)NCc1ccc(Cl)cc1)NCCc1cccc(Cl)c1. The number of carbonyl (C=O) groups excluding carboxylic acids is 2. The number of halogens is 2. The van der Waals surface area contributed by atoms with Crippen LogP contribution in [0.3, 0.4) is 0 Å². The van der Waals surface area contributed by atoms with Crippen molar-refractivity contribution in [2.75, 3.05) is 6.54 Å². The molecule has 2 N–H and O–H groups in total. The number of carbonyl (C=O) groups is 2. The highest BCUT2D eigenvalue weighted by Gasteiger charge is 2.08. The topological polar surface area (TPSA) is 58.2 Å². The molecule has 2 aromatic carbocycles. The molecule has 0 radical (unpaired) electrons. The first kappa shape index (κ1) is 18.3. The van der Waals surface area contributed by atoms with Crippen LogP contribution in [0.4, 0.5) is 0 Å². The molecule has 6 heteroatoms. The summed E-state index contributed by atoms with van der Waals surface area (Å²) in [5.41, 5.74) is 1.96. The number of hydrogen-bond donors (Lipinski definition) is 2. The molecule has 0 saturated carbocycles. The second kappa shape index (κ2) is 9.30. The van der Waals surface area contributed by atoms with Crippen LogP contribution in [0.5, 0.6) is 0 Å². The molecule has 126 valence electrons. The van der Waals surface area contributed by atoms with Gasteiger partial charge in [-0.05, 0) is 41.8 Å². The highest BCUT2D eigenvalue weighted by atomic mass is 35.5. The Kier molecular flexibility index (Phi) is 7.09. The van der Waals surface area contributed by atoms with Crippen LogP contribution in [0.1, 0.15) is 17.5 Å². The van der Waals surface area contributed by atoms with E-state index in [1.165, 1.54) is 0 Å². The number of amides is 2. The molecule has 0 saturated heterocycles. The van der Waals surface area contributed by atoms with Crippen molar-refractivity contribution >= 4 is 35.0 Å². The van der Waals surface area contributed by atoms with Gasteiger partial charge >= 0.3 is 0 Å². The molecule has 0 aromatic heterocycles. The molecule has 2 amide bonds. The lowest BCUT2D eigenvalue weighted by Crippen LogP contribution is -2.32. The normalized spacial score (nSPS) is 10.2. The monoisotopic (exact) mass is 364 g/mol. The molecular formula is C18H18Cl2N2O2. The van der Waals surface area contributed by atoms with Gasteiger partial charge in [0.2, 0.25) is 11.8 Å². The van der Waals surface area contributed by atoms with Crippen molar-refractivity contribution in [3.63, 3.8) is 0 Å². The first-order valence-electron chi connectivity index (χ1n) is 7.55. The molecule has 0 unspecified atom stereocenters. The lowest BCUT2D eigenvalue weighted by molar-refractivity contribution is -0.129. The van der Waals surface area contributed by atoms with Gasteiger partial charge < -0.3 is 10.6 Å². The summed E-state index contributed by atoms with van der Waals surface area (Å²) in [6.45, 7) is 0.829. The molecule has 0 atom stereocenters. The van der Waals surface area contributed by atoms with Gasteiger partial charge in [-0.15, -0.1) is 0 Å². The van der Waals surface area contributed by atoms with Crippen molar-refractivity contribution in [1.29, 1.82) is 0 Å². The van der Waals surface area contributed by atoms with Gasteiger partial charge in [0, 0.05) is 23.1 Å². The molecular weight excluding hydrogens is 347 g/mol. The summed E-state index contributed by atoms with van der Waals surface area (Å²) in [5.74, 6) is -0.615.